The summed E-state index contributed by atoms with van der Waals surface area (Å²) in [5, 5.41) is 0. The first-order valence-corrected chi connectivity index (χ1v) is 5.83. The van der Waals surface area contributed by atoms with E-state index in [4.69, 9.17) is 4.42 Å². The molecule has 0 bridgehead atoms. The quantitative estimate of drug-likeness (QED) is 0.748. The van der Waals surface area contributed by atoms with Crippen molar-refractivity contribution in [3.05, 3.63) is 17.8 Å². The Balaban J connectivity index is 1.93. The molecule has 0 spiro atoms. The minimum atomic E-state index is 0.536. The molecule has 0 amide bonds. The Labute approximate surface area is 91.5 Å². The summed E-state index contributed by atoms with van der Waals surface area (Å²) < 4.78 is 5.59. The largest absolute Gasteiger partial charge is 0.446 e. The normalized spacial score (nSPS) is 20.0. The van der Waals surface area contributed by atoms with Crippen LogP contribution < -0.4 is 0 Å². The number of aromatic nitrogens is 1. The van der Waals surface area contributed by atoms with Gasteiger partial charge in [0.2, 0.25) is 0 Å². The fourth-order valence-electron chi connectivity index (χ4n) is 2.22. The van der Waals surface area contributed by atoms with Crippen molar-refractivity contribution < 1.29 is 4.42 Å². The maximum Gasteiger partial charge on any atom is 0.197 e. The molecule has 0 aromatic carbocycles. The topological polar surface area (TPSA) is 29.3 Å². The third-order valence-electron chi connectivity index (χ3n) is 3.25. The number of likely N-dealkylation sites (tertiary alicyclic amines) is 1. The molecule has 1 saturated heterocycles. The molecule has 2 rings (SSSR count). The average Bonchev–Trinajstić information content (AvgIpc) is 2.65. The minimum absolute atomic E-state index is 0.536. The molecule has 0 radical (unpaired) electrons. The SMILES string of the molecule is Cc1cnc(C2CCN(C(C)C)CC2)o1. The molecule has 2 heterocycles. The summed E-state index contributed by atoms with van der Waals surface area (Å²) >= 11 is 0. The van der Waals surface area contributed by atoms with Crippen molar-refractivity contribution in [3.8, 4) is 0 Å². The van der Waals surface area contributed by atoms with E-state index < -0.39 is 0 Å². The first-order chi connectivity index (χ1) is 7.16. The van der Waals surface area contributed by atoms with Crippen LogP contribution in [0.3, 0.4) is 0 Å². The summed E-state index contributed by atoms with van der Waals surface area (Å²) in [7, 11) is 0. The molecule has 15 heavy (non-hydrogen) atoms. The number of hydrogen-bond donors (Lipinski definition) is 0. The lowest BCUT2D eigenvalue weighted by Crippen LogP contribution is -2.37. The highest BCUT2D eigenvalue weighted by Gasteiger charge is 2.24. The van der Waals surface area contributed by atoms with Crippen molar-refractivity contribution in [2.24, 2.45) is 0 Å². The average molecular weight is 208 g/mol. The van der Waals surface area contributed by atoms with Gasteiger partial charge in [0.25, 0.3) is 0 Å². The van der Waals surface area contributed by atoms with Crippen molar-refractivity contribution >= 4 is 0 Å². The van der Waals surface area contributed by atoms with Crippen LogP contribution in [-0.2, 0) is 0 Å². The van der Waals surface area contributed by atoms with Crippen LogP contribution in [0.5, 0.6) is 0 Å². The fraction of sp³-hybridized carbons (Fsp3) is 0.750. The van der Waals surface area contributed by atoms with Crippen molar-refractivity contribution in [1.82, 2.24) is 9.88 Å². The number of aryl methyl sites for hydroxylation is 1. The van der Waals surface area contributed by atoms with Gasteiger partial charge in [-0.1, -0.05) is 0 Å². The molecule has 1 aliphatic heterocycles. The summed E-state index contributed by atoms with van der Waals surface area (Å²) in [5.41, 5.74) is 0. The Hall–Kier alpha value is -0.830. The second kappa shape index (κ2) is 4.35. The smallest absolute Gasteiger partial charge is 0.197 e. The lowest BCUT2D eigenvalue weighted by molar-refractivity contribution is 0.163. The molecular formula is C12H20N2O. The molecule has 1 fully saturated rings. The second-order valence-corrected chi connectivity index (χ2v) is 4.71. The fourth-order valence-corrected chi connectivity index (χ4v) is 2.22. The first-order valence-electron chi connectivity index (χ1n) is 5.83. The van der Waals surface area contributed by atoms with Gasteiger partial charge < -0.3 is 9.32 Å². The monoisotopic (exact) mass is 208 g/mol. The zero-order valence-corrected chi connectivity index (χ0v) is 9.86. The molecular weight excluding hydrogens is 188 g/mol. The highest BCUT2D eigenvalue weighted by Crippen LogP contribution is 2.28. The Morgan fingerprint density at radius 2 is 2.07 bits per heavy atom. The molecule has 3 heteroatoms. The summed E-state index contributed by atoms with van der Waals surface area (Å²) in [5.74, 6) is 2.40. The standard InChI is InChI=1S/C12H20N2O/c1-9(2)14-6-4-11(5-7-14)12-13-8-10(3)15-12/h8-9,11H,4-7H2,1-3H3. The highest BCUT2D eigenvalue weighted by molar-refractivity contribution is 4.99. The van der Waals surface area contributed by atoms with Gasteiger partial charge in [0.05, 0.1) is 6.20 Å². The minimum Gasteiger partial charge on any atom is -0.446 e. The summed E-state index contributed by atoms with van der Waals surface area (Å²) in [6.07, 6.45) is 4.18. The van der Waals surface area contributed by atoms with Crippen LogP contribution >= 0.6 is 0 Å². The van der Waals surface area contributed by atoms with E-state index in [1.807, 2.05) is 13.1 Å². The molecule has 1 aromatic rings. The van der Waals surface area contributed by atoms with Crippen LogP contribution in [0.15, 0.2) is 10.6 Å². The molecule has 0 unspecified atom stereocenters. The number of hydrogen-bond acceptors (Lipinski definition) is 3. The summed E-state index contributed by atoms with van der Waals surface area (Å²) in [6.45, 7) is 8.82. The van der Waals surface area contributed by atoms with E-state index in [0.29, 0.717) is 12.0 Å². The second-order valence-electron chi connectivity index (χ2n) is 4.71. The van der Waals surface area contributed by atoms with Gasteiger partial charge in [-0.05, 0) is 46.7 Å². The van der Waals surface area contributed by atoms with Crippen molar-refractivity contribution in [3.63, 3.8) is 0 Å². The highest BCUT2D eigenvalue weighted by atomic mass is 16.4. The van der Waals surface area contributed by atoms with Crippen LogP contribution in [0.2, 0.25) is 0 Å². The van der Waals surface area contributed by atoms with Gasteiger partial charge in [-0.2, -0.15) is 0 Å². The van der Waals surface area contributed by atoms with Gasteiger partial charge in [0.1, 0.15) is 5.76 Å². The van der Waals surface area contributed by atoms with E-state index in [1.165, 1.54) is 25.9 Å². The van der Waals surface area contributed by atoms with E-state index in [9.17, 15) is 0 Å². The van der Waals surface area contributed by atoms with Gasteiger partial charge in [-0.3, -0.25) is 0 Å². The Kier molecular flexibility index (Phi) is 3.10. The Bertz CT molecular complexity index is 311. The molecule has 3 nitrogen and oxygen atoms in total. The lowest BCUT2D eigenvalue weighted by Gasteiger charge is -2.33. The van der Waals surface area contributed by atoms with Crippen molar-refractivity contribution in [2.45, 2.75) is 45.6 Å². The molecule has 1 aromatic heterocycles. The van der Waals surface area contributed by atoms with Gasteiger partial charge in [0.15, 0.2) is 5.89 Å². The van der Waals surface area contributed by atoms with Gasteiger partial charge in [0, 0.05) is 12.0 Å². The summed E-state index contributed by atoms with van der Waals surface area (Å²) in [6, 6.07) is 0.664. The Morgan fingerprint density at radius 3 is 2.53 bits per heavy atom. The van der Waals surface area contributed by atoms with Crippen molar-refractivity contribution in [1.29, 1.82) is 0 Å². The number of oxazole rings is 1. The van der Waals surface area contributed by atoms with Gasteiger partial charge in [-0.15, -0.1) is 0 Å². The zero-order chi connectivity index (χ0) is 10.8. The molecule has 84 valence electrons. The summed E-state index contributed by atoms with van der Waals surface area (Å²) in [4.78, 5) is 6.84. The zero-order valence-electron chi connectivity index (χ0n) is 9.86. The maximum atomic E-state index is 5.59. The molecule has 0 atom stereocenters. The third-order valence-corrected chi connectivity index (χ3v) is 3.25. The van der Waals surface area contributed by atoms with Crippen LogP contribution in [-0.4, -0.2) is 29.0 Å². The molecule has 0 N–H and O–H groups in total. The van der Waals surface area contributed by atoms with E-state index in [0.717, 1.165) is 11.7 Å². The maximum absolute atomic E-state index is 5.59. The van der Waals surface area contributed by atoms with Crippen LogP contribution in [0.25, 0.3) is 0 Å². The van der Waals surface area contributed by atoms with Crippen molar-refractivity contribution in [2.75, 3.05) is 13.1 Å². The Morgan fingerprint density at radius 1 is 1.40 bits per heavy atom. The molecule has 0 saturated carbocycles. The predicted octanol–water partition coefficient (Wildman–Crippen LogP) is 2.57. The molecule has 0 aliphatic carbocycles. The number of nitrogens with zero attached hydrogens (tertiary/aromatic N) is 2. The van der Waals surface area contributed by atoms with Crippen LogP contribution in [0, 0.1) is 6.92 Å². The third kappa shape index (κ3) is 2.40. The molecule has 1 aliphatic rings. The van der Waals surface area contributed by atoms with Crippen LogP contribution in [0.1, 0.15) is 44.3 Å². The number of piperidine rings is 1. The van der Waals surface area contributed by atoms with E-state index in [1.54, 1.807) is 0 Å². The van der Waals surface area contributed by atoms with Crippen LogP contribution in [0.4, 0.5) is 0 Å². The number of rotatable bonds is 2. The van der Waals surface area contributed by atoms with E-state index in [-0.39, 0.29) is 0 Å². The van der Waals surface area contributed by atoms with Gasteiger partial charge in [-0.25, -0.2) is 4.98 Å². The van der Waals surface area contributed by atoms with Gasteiger partial charge >= 0.3 is 0 Å². The van der Waals surface area contributed by atoms with E-state index in [2.05, 4.69) is 23.7 Å². The van der Waals surface area contributed by atoms with E-state index >= 15 is 0 Å². The first kappa shape index (κ1) is 10.7. The predicted molar refractivity (Wildman–Crippen MR) is 59.9 cm³/mol. The lowest BCUT2D eigenvalue weighted by atomic mass is 9.96.